The van der Waals surface area contributed by atoms with Gasteiger partial charge in [-0.1, -0.05) is 12.1 Å². The van der Waals surface area contributed by atoms with Gasteiger partial charge in [0.15, 0.2) is 0 Å². The van der Waals surface area contributed by atoms with Gasteiger partial charge < -0.3 is 20.6 Å². The summed E-state index contributed by atoms with van der Waals surface area (Å²) in [5.41, 5.74) is 1.78. The van der Waals surface area contributed by atoms with Crippen LogP contribution in [0.4, 0.5) is 20.6 Å². The molecule has 0 fully saturated rings. The van der Waals surface area contributed by atoms with Crippen LogP contribution in [-0.4, -0.2) is 30.6 Å². The topological polar surface area (TPSA) is 81.7 Å². The smallest absolute Gasteiger partial charge is 0.319 e. The first-order valence-corrected chi connectivity index (χ1v) is 7.69. The number of carbonyl (C=O) groups excluding carboxylic acids is 2. The van der Waals surface area contributed by atoms with Gasteiger partial charge in [0, 0.05) is 31.9 Å². The van der Waals surface area contributed by atoms with E-state index < -0.39 is 12.1 Å². The second-order valence-electron chi connectivity index (χ2n) is 5.53. The lowest BCUT2D eigenvalue weighted by Gasteiger charge is -2.16. The third-order valence-electron chi connectivity index (χ3n) is 3.70. The van der Waals surface area contributed by atoms with E-state index >= 15 is 0 Å². The van der Waals surface area contributed by atoms with Crippen molar-refractivity contribution >= 4 is 23.3 Å². The zero-order valence-corrected chi connectivity index (χ0v) is 14.0. The molecule has 2 rings (SSSR count). The third-order valence-corrected chi connectivity index (χ3v) is 3.70. The number of urea groups is 1. The van der Waals surface area contributed by atoms with Gasteiger partial charge in [0.05, 0.1) is 6.10 Å². The van der Waals surface area contributed by atoms with Gasteiger partial charge in [0.25, 0.3) is 0 Å². The SMILES string of the molecule is CC(=O)N(C)c1ccc(NC(=O)NCC(O)c2ccc(F)cc2)cc1. The molecule has 0 aliphatic heterocycles. The summed E-state index contributed by atoms with van der Waals surface area (Å²) < 4.78 is 12.8. The Morgan fingerprint density at radius 2 is 1.72 bits per heavy atom. The molecule has 6 nitrogen and oxygen atoms in total. The Hall–Kier alpha value is -2.93. The number of rotatable bonds is 5. The zero-order chi connectivity index (χ0) is 18.4. The molecular weight excluding hydrogens is 325 g/mol. The van der Waals surface area contributed by atoms with Crippen LogP contribution >= 0.6 is 0 Å². The van der Waals surface area contributed by atoms with Crippen LogP contribution in [0.5, 0.6) is 0 Å². The quantitative estimate of drug-likeness (QED) is 0.779. The highest BCUT2D eigenvalue weighted by Crippen LogP contribution is 2.17. The second kappa shape index (κ2) is 8.25. The molecule has 0 heterocycles. The predicted octanol–water partition coefficient (Wildman–Crippen LogP) is 2.66. The van der Waals surface area contributed by atoms with Crippen LogP contribution in [0.1, 0.15) is 18.6 Å². The highest BCUT2D eigenvalue weighted by atomic mass is 19.1. The summed E-state index contributed by atoms with van der Waals surface area (Å²) >= 11 is 0. The van der Waals surface area contributed by atoms with Crippen molar-refractivity contribution in [1.82, 2.24) is 5.32 Å². The monoisotopic (exact) mass is 345 g/mol. The fraction of sp³-hybridized carbons (Fsp3) is 0.222. The molecule has 3 N–H and O–H groups in total. The maximum absolute atomic E-state index is 12.8. The predicted molar refractivity (Wildman–Crippen MR) is 93.9 cm³/mol. The van der Waals surface area contributed by atoms with Crippen molar-refractivity contribution in [1.29, 1.82) is 0 Å². The molecule has 0 aliphatic carbocycles. The lowest BCUT2D eigenvalue weighted by molar-refractivity contribution is -0.116. The Morgan fingerprint density at radius 3 is 2.28 bits per heavy atom. The van der Waals surface area contributed by atoms with Crippen LogP contribution < -0.4 is 15.5 Å². The van der Waals surface area contributed by atoms with Gasteiger partial charge in [-0.3, -0.25) is 4.79 Å². The summed E-state index contributed by atoms with van der Waals surface area (Å²) in [7, 11) is 1.66. The standard InChI is InChI=1S/C18H20FN3O3/c1-12(23)22(2)16-9-7-15(8-10-16)21-18(25)20-11-17(24)13-3-5-14(19)6-4-13/h3-10,17,24H,11H2,1-2H3,(H2,20,21,25). The van der Waals surface area contributed by atoms with Crippen LogP contribution in [-0.2, 0) is 4.79 Å². The third kappa shape index (κ3) is 5.29. The Kier molecular flexibility index (Phi) is 6.08. The van der Waals surface area contributed by atoms with Gasteiger partial charge in [-0.15, -0.1) is 0 Å². The summed E-state index contributed by atoms with van der Waals surface area (Å²) in [6.07, 6.45) is -0.932. The van der Waals surface area contributed by atoms with Crippen LogP contribution in [0.25, 0.3) is 0 Å². The molecule has 0 aromatic heterocycles. The lowest BCUT2D eigenvalue weighted by atomic mass is 10.1. The van der Waals surface area contributed by atoms with Crippen LogP contribution in [0.2, 0.25) is 0 Å². The molecule has 0 bridgehead atoms. The number of nitrogens with one attached hydrogen (secondary N) is 2. The largest absolute Gasteiger partial charge is 0.387 e. The summed E-state index contributed by atoms with van der Waals surface area (Å²) in [4.78, 5) is 24.7. The van der Waals surface area contributed by atoms with Crippen molar-refractivity contribution < 1.29 is 19.1 Å². The number of benzene rings is 2. The van der Waals surface area contributed by atoms with Crippen molar-refractivity contribution in [2.45, 2.75) is 13.0 Å². The highest BCUT2D eigenvalue weighted by molar-refractivity contribution is 5.92. The number of halogens is 1. The molecular formula is C18H20FN3O3. The van der Waals surface area contributed by atoms with E-state index in [0.29, 0.717) is 16.9 Å². The maximum atomic E-state index is 12.8. The minimum absolute atomic E-state index is 0.0113. The lowest BCUT2D eigenvalue weighted by Crippen LogP contribution is -2.32. The van der Waals surface area contributed by atoms with Gasteiger partial charge in [0.1, 0.15) is 5.82 Å². The van der Waals surface area contributed by atoms with Gasteiger partial charge in [-0.2, -0.15) is 0 Å². The minimum Gasteiger partial charge on any atom is -0.387 e. The molecule has 1 unspecified atom stereocenters. The molecule has 7 heteroatoms. The molecule has 2 aromatic carbocycles. The molecule has 2 aromatic rings. The van der Waals surface area contributed by atoms with E-state index in [1.807, 2.05) is 0 Å². The van der Waals surface area contributed by atoms with Crippen molar-refractivity contribution in [3.63, 3.8) is 0 Å². The van der Waals surface area contributed by atoms with E-state index in [9.17, 15) is 19.1 Å². The van der Waals surface area contributed by atoms with Crippen LogP contribution in [0.15, 0.2) is 48.5 Å². The number of hydrogen-bond donors (Lipinski definition) is 3. The number of aliphatic hydroxyl groups is 1. The van der Waals surface area contributed by atoms with E-state index in [1.165, 1.54) is 36.1 Å². The fourth-order valence-electron chi connectivity index (χ4n) is 2.12. The Labute approximate surface area is 145 Å². The number of anilines is 2. The molecule has 3 amide bonds. The average Bonchev–Trinajstić information content (AvgIpc) is 2.60. The molecule has 1 atom stereocenters. The van der Waals surface area contributed by atoms with Crippen molar-refractivity contribution in [2.75, 3.05) is 23.8 Å². The van der Waals surface area contributed by atoms with E-state index in [0.717, 1.165) is 0 Å². The number of carbonyl (C=O) groups is 2. The summed E-state index contributed by atoms with van der Waals surface area (Å²) in [6, 6.07) is 11.7. The van der Waals surface area contributed by atoms with Crippen molar-refractivity contribution in [2.24, 2.45) is 0 Å². The van der Waals surface area contributed by atoms with E-state index in [-0.39, 0.29) is 18.3 Å². The molecule has 0 saturated carbocycles. The molecule has 0 saturated heterocycles. The van der Waals surface area contributed by atoms with Crippen LogP contribution in [0, 0.1) is 5.82 Å². The highest BCUT2D eigenvalue weighted by Gasteiger charge is 2.10. The van der Waals surface area contributed by atoms with Gasteiger partial charge >= 0.3 is 6.03 Å². The molecule has 0 radical (unpaired) electrons. The number of aliphatic hydroxyl groups excluding tert-OH is 1. The number of hydrogen-bond acceptors (Lipinski definition) is 3. The van der Waals surface area contributed by atoms with Gasteiger partial charge in [-0.05, 0) is 42.0 Å². The van der Waals surface area contributed by atoms with E-state index in [1.54, 1.807) is 31.3 Å². The Balaban J connectivity index is 1.85. The van der Waals surface area contributed by atoms with E-state index in [2.05, 4.69) is 10.6 Å². The first kappa shape index (κ1) is 18.4. The summed E-state index contributed by atoms with van der Waals surface area (Å²) in [6.45, 7) is 1.45. The first-order chi connectivity index (χ1) is 11.9. The maximum Gasteiger partial charge on any atom is 0.319 e. The molecule has 0 spiro atoms. The number of amides is 3. The Bertz CT molecular complexity index is 732. The van der Waals surface area contributed by atoms with Crippen molar-refractivity contribution in [3.05, 3.63) is 59.9 Å². The van der Waals surface area contributed by atoms with Gasteiger partial charge in [-0.25, -0.2) is 9.18 Å². The van der Waals surface area contributed by atoms with Gasteiger partial charge in [0.2, 0.25) is 5.91 Å². The summed E-state index contributed by atoms with van der Waals surface area (Å²) in [5.74, 6) is -0.478. The Morgan fingerprint density at radius 1 is 1.12 bits per heavy atom. The minimum atomic E-state index is -0.932. The average molecular weight is 345 g/mol. The zero-order valence-electron chi connectivity index (χ0n) is 14.0. The van der Waals surface area contributed by atoms with Crippen molar-refractivity contribution in [3.8, 4) is 0 Å². The van der Waals surface area contributed by atoms with Crippen LogP contribution in [0.3, 0.4) is 0 Å². The van der Waals surface area contributed by atoms with E-state index in [4.69, 9.17) is 0 Å². The molecule has 0 aliphatic rings. The molecule has 25 heavy (non-hydrogen) atoms. The summed E-state index contributed by atoms with van der Waals surface area (Å²) in [5, 5.41) is 15.1. The fourth-order valence-corrected chi connectivity index (χ4v) is 2.12. The number of nitrogens with zero attached hydrogens (tertiary/aromatic N) is 1. The normalized spacial score (nSPS) is 11.5. The first-order valence-electron chi connectivity index (χ1n) is 7.69. The molecule has 132 valence electrons. The second-order valence-corrected chi connectivity index (χ2v) is 5.53.